The van der Waals surface area contributed by atoms with Crippen LogP contribution in [0.3, 0.4) is 0 Å². The second-order valence-corrected chi connectivity index (χ2v) is 10.6. The van der Waals surface area contributed by atoms with Crippen LogP contribution >= 0.6 is 27.7 Å². The van der Waals surface area contributed by atoms with Gasteiger partial charge < -0.3 is 14.8 Å². The van der Waals surface area contributed by atoms with Crippen LogP contribution in [0.25, 0.3) is 0 Å². The Morgan fingerprint density at radius 1 is 1.14 bits per heavy atom. The highest BCUT2D eigenvalue weighted by atomic mass is 79.9. The number of esters is 1. The molecule has 36 heavy (non-hydrogen) atoms. The summed E-state index contributed by atoms with van der Waals surface area (Å²) in [4.78, 5) is 18.0. The third-order valence-electron chi connectivity index (χ3n) is 5.71. The Morgan fingerprint density at radius 3 is 2.64 bits per heavy atom. The molecule has 0 aliphatic carbocycles. The monoisotopic (exact) mass is 570 g/mol. The molecule has 0 spiro atoms. The van der Waals surface area contributed by atoms with Crippen molar-refractivity contribution in [2.75, 3.05) is 17.7 Å². The van der Waals surface area contributed by atoms with Gasteiger partial charge in [0.05, 0.1) is 12.2 Å². The molecule has 1 unspecified atom stereocenters. The molecule has 7 nitrogen and oxygen atoms in total. The SMILES string of the molecule is CCCOC(=O)C1=C(C)Nc2nc(SCCC)nn2C1c1cc(Br)ccc1OCc1ccc(C)cc1. The quantitative estimate of drug-likeness (QED) is 0.215. The van der Waals surface area contributed by atoms with E-state index in [0.717, 1.165) is 34.2 Å². The van der Waals surface area contributed by atoms with Gasteiger partial charge in [0.1, 0.15) is 18.4 Å². The van der Waals surface area contributed by atoms with Crippen molar-refractivity contribution >= 4 is 39.6 Å². The lowest BCUT2D eigenvalue weighted by molar-refractivity contribution is -0.139. The van der Waals surface area contributed by atoms with Crippen molar-refractivity contribution in [1.82, 2.24) is 14.8 Å². The molecule has 9 heteroatoms. The van der Waals surface area contributed by atoms with Gasteiger partial charge in [-0.05, 0) is 50.5 Å². The molecular formula is C27H31BrN4O3S. The summed E-state index contributed by atoms with van der Waals surface area (Å²) in [5, 5.41) is 8.71. The van der Waals surface area contributed by atoms with Crippen LogP contribution in [0.5, 0.6) is 5.75 Å². The molecule has 1 N–H and O–H groups in total. The third-order valence-corrected chi connectivity index (χ3v) is 7.24. The van der Waals surface area contributed by atoms with E-state index >= 15 is 0 Å². The fourth-order valence-electron chi connectivity index (χ4n) is 3.92. The number of anilines is 1. The molecule has 1 aromatic heterocycles. The number of carbonyl (C=O) groups is 1. The molecule has 0 bridgehead atoms. The number of fused-ring (bicyclic) bond motifs is 1. The number of hydrogen-bond acceptors (Lipinski definition) is 7. The lowest BCUT2D eigenvalue weighted by Gasteiger charge is -2.29. The Hall–Kier alpha value is -2.78. The lowest BCUT2D eigenvalue weighted by Crippen LogP contribution is -2.30. The van der Waals surface area contributed by atoms with Crippen LogP contribution < -0.4 is 10.1 Å². The van der Waals surface area contributed by atoms with E-state index in [1.165, 1.54) is 5.56 Å². The summed E-state index contributed by atoms with van der Waals surface area (Å²) in [7, 11) is 0. The molecule has 0 amide bonds. The molecule has 4 rings (SSSR count). The van der Waals surface area contributed by atoms with E-state index in [1.54, 1.807) is 16.4 Å². The summed E-state index contributed by atoms with van der Waals surface area (Å²) in [6.07, 6.45) is 1.75. The van der Waals surface area contributed by atoms with Crippen LogP contribution in [0.4, 0.5) is 5.95 Å². The molecule has 190 valence electrons. The fraction of sp³-hybridized carbons (Fsp3) is 0.370. The average Bonchev–Trinajstić information content (AvgIpc) is 3.27. The molecule has 2 heterocycles. The van der Waals surface area contributed by atoms with Gasteiger partial charge >= 0.3 is 5.97 Å². The first-order chi connectivity index (χ1) is 17.4. The average molecular weight is 572 g/mol. The first-order valence-corrected chi connectivity index (χ1v) is 13.9. The number of aryl methyl sites for hydroxylation is 1. The lowest BCUT2D eigenvalue weighted by atomic mass is 9.95. The third kappa shape index (κ3) is 5.95. The summed E-state index contributed by atoms with van der Waals surface area (Å²) in [5.74, 6) is 1.80. The number of nitrogens with one attached hydrogen (secondary N) is 1. The fourth-order valence-corrected chi connectivity index (χ4v) is 4.98. The van der Waals surface area contributed by atoms with Crippen molar-refractivity contribution in [2.24, 2.45) is 0 Å². The first-order valence-electron chi connectivity index (χ1n) is 12.1. The van der Waals surface area contributed by atoms with E-state index in [-0.39, 0.29) is 5.97 Å². The standard InChI is InChI=1S/C27H31BrN4O3S/c1-5-13-34-25(33)23-18(4)29-26-30-27(36-14-6-2)31-32(26)24(23)21-15-20(28)11-12-22(21)35-16-19-9-7-17(3)8-10-19/h7-12,15,24H,5-6,13-14,16H2,1-4H3,(H,29,30,31). The highest BCUT2D eigenvalue weighted by molar-refractivity contribution is 9.10. The predicted molar refractivity (Wildman–Crippen MR) is 146 cm³/mol. The zero-order valence-electron chi connectivity index (χ0n) is 21.0. The first kappa shape index (κ1) is 26.3. The van der Waals surface area contributed by atoms with Crippen LogP contribution in [-0.2, 0) is 16.1 Å². The van der Waals surface area contributed by atoms with E-state index in [9.17, 15) is 4.79 Å². The maximum atomic E-state index is 13.3. The van der Waals surface area contributed by atoms with Crippen LogP contribution in [0.1, 0.15) is 56.3 Å². The molecule has 1 atom stereocenters. The molecule has 0 fully saturated rings. The predicted octanol–water partition coefficient (Wildman–Crippen LogP) is 6.67. The molecule has 0 saturated heterocycles. The van der Waals surface area contributed by atoms with Crippen molar-refractivity contribution in [3.63, 3.8) is 0 Å². The van der Waals surface area contributed by atoms with Gasteiger partial charge in [0.25, 0.3) is 0 Å². The summed E-state index contributed by atoms with van der Waals surface area (Å²) in [5.41, 5.74) is 4.25. The Balaban J connectivity index is 1.77. The summed E-state index contributed by atoms with van der Waals surface area (Å²) < 4.78 is 14.6. The van der Waals surface area contributed by atoms with Gasteiger partial charge in [0.15, 0.2) is 0 Å². The number of thioether (sulfide) groups is 1. The summed E-state index contributed by atoms with van der Waals surface area (Å²) in [6.45, 7) is 8.78. The minimum Gasteiger partial charge on any atom is -0.489 e. The van der Waals surface area contributed by atoms with Crippen LogP contribution in [0, 0.1) is 6.92 Å². The van der Waals surface area contributed by atoms with Crippen molar-refractivity contribution in [1.29, 1.82) is 0 Å². The van der Waals surface area contributed by atoms with Crippen molar-refractivity contribution in [3.05, 3.63) is 74.9 Å². The number of ether oxygens (including phenoxy) is 2. The maximum absolute atomic E-state index is 13.3. The van der Waals surface area contributed by atoms with Crippen molar-refractivity contribution in [3.8, 4) is 5.75 Å². The smallest absolute Gasteiger partial charge is 0.338 e. The highest BCUT2D eigenvalue weighted by Crippen LogP contribution is 2.41. The van der Waals surface area contributed by atoms with Gasteiger partial charge in [-0.25, -0.2) is 9.48 Å². The van der Waals surface area contributed by atoms with Gasteiger partial charge in [0.2, 0.25) is 11.1 Å². The van der Waals surface area contributed by atoms with E-state index < -0.39 is 6.04 Å². The number of benzene rings is 2. The molecule has 0 radical (unpaired) electrons. The van der Waals surface area contributed by atoms with Gasteiger partial charge in [-0.1, -0.05) is 71.4 Å². The van der Waals surface area contributed by atoms with Gasteiger partial charge in [0, 0.05) is 21.5 Å². The molecule has 2 aromatic carbocycles. The van der Waals surface area contributed by atoms with Crippen LogP contribution in [-0.4, -0.2) is 33.1 Å². The second-order valence-electron chi connectivity index (χ2n) is 8.67. The highest BCUT2D eigenvalue weighted by Gasteiger charge is 2.37. The van der Waals surface area contributed by atoms with Gasteiger partial charge in [-0.2, -0.15) is 4.98 Å². The number of aromatic nitrogens is 3. The molecule has 1 aliphatic heterocycles. The normalized spacial score (nSPS) is 14.9. The second kappa shape index (κ2) is 12.0. The molecule has 0 saturated carbocycles. The summed E-state index contributed by atoms with van der Waals surface area (Å²) >= 11 is 5.20. The maximum Gasteiger partial charge on any atom is 0.338 e. The number of rotatable bonds is 10. The Bertz CT molecular complexity index is 1260. The summed E-state index contributed by atoms with van der Waals surface area (Å²) in [6, 6.07) is 13.5. The Morgan fingerprint density at radius 2 is 1.92 bits per heavy atom. The zero-order valence-corrected chi connectivity index (χ0v) is 23.4. The van der Waals surface area contributed by atoms with E-state index in [1.807, 2.05) is 32.0 Å². The molecule has 1 aliphatic rings. The molecular weight excluding hydrogens is 540 g/mol. The van der Waals surface area contributed by atoms with Crippen molar-refractivity contribution < 1.29 is 14.3 Å². The number of allylic oxidation sites excluding steroid dienone is 1. The van der Waals surface area contributed by atoms with E-state index in [0.29, 0.717) is 41.3 Å². The number of halogens is 1. The van der Waals surface area contributed by atoms with Crippen LogP contribution in [0.15, 0.2) is 63.4 Å². The topological polar surface area (TPSA) is 78.3 Å². The Kier molecular flexibility index (Phi) is 8.74. The minimum absolute atomic E-state index is 0.347. The number of hydrogen-bond donors (Lipinski definition) is 1. The van der Waals surface area contributed by atoms with Crippen LogP contribution in [0.2, 0.25) is 0 Å². The molecule has 3 aromatic rings. The van der Waals surface area contributed by atoms with Gasteiger partial charge in [-0.15, -0.1) is 5.10 Å². The van der Waals surface area contributed by atoms with Crippen molar-refractivity contribution in [2.45, 2.75) is 58.3 Å². The Labute approximate surface area is 224 Å². The van der Waals surface area contributed by atoms with E-state index in [2.05, 4.69) is 64.3 Å². The zero-order chi connectivity index (χ0) is 25.7. The number of carbonyl (C=O) groups excluding carboxylic acids is 1. The number of nitrogens with zero attached hydrogens (tertiary/aromatic N) is 3. The van der Waals surface area contributed by atoms with Gasteiger partial charge in [-0.3, -0.25) is 0 Å². The minimum atomic E-state index is -0.556. The van der Waals surface area contributed by atoms with E-state index in [4.69, 9.17) is 14.6 Å². The largest absolute Gasteiger partial charge is 0.489 e.